The fraction of sp³-hybridized carbons (Fsp3) is 0.308. The van der Waals surface area contributed by atoms with E-state index in [-0.39, 0.29) is 0 Å². The molecule has 0 bridgehead atoms. The van der Waals surface area contributed by atoms with Crippen molar-refractivity contribution in [2.24, 2.45) is 0 Å². The molecular weight excluding hydrogens is 427 g/mol. The molecule has 162 valence electrons. The maximum Gasteiger partial charge on any atom is 0.124 e. The van der Waals surface area contributed by atoms with E-state index in [9.17, 15) is 0 Å². The summed E-state index contributed by atoms with van der Waals surface area (Å²) in [6.45, 7) is 4.51. The number of benzene rings is 3. The van der Waals surface area contributed by atoms with Crippen LogP contribution in [0.3, 0.4) is 0 Å². The average molecular weight is 455 g/mol. The third kappa shape index (κ3) is 6.47. The van der Waals surface area contributed by atoms with Gasteiger partial charge in [0.15, 0.2) is 0 Å². The molecule has 0 amide bonds. The number of halogens is 2. The van der Waals surface area contributed by atoms with Crippen molar-refractivity contribution in [1.29, 1.82) is 0 Å². The zero-order chi connectivity index (χ0) is 21.5. The molecule has 0 unspecified atom stereocenters. The molecule has 0 radical (unpaired) electrons. The van der Waals surface area contributed by atoms with Crippen LogP contribution >= 0.6 is 23.2 Å². The third-order valence-corrected chi connectivity index (χ3v) is 6.38. The number of hydrogen-bond donors (Lipinski definition) is 1. The molecule has 3 aromatic carbocycles. The van der Waals surface area contributed by atoms with Gasteiger partial charge < -0.3 is 10.1 Å². The Labute approximate surface area is 194 Å². The Bertz CT molecular complexity index is 972. The maximum atomic E-state index is 6.28. The number of nitrogens with one attached hydrogen (secondary N) is 1. The highest BCUT2D eigenvalue weighted by Gasteiger charge is 2.19. The Morgan fingerprint density at radius 2 is 1.61 bits per heavy atom. The van der Waals surface area contributed by atoms with E-state index in [2.05, 4.69) is 52.7 Å². The lowest BCUT2D eigenvalue weighted by molar-refractivity contribution is 0.189. The van der Waals surface area contributed by atoms with Crippen LogP contribution in [0.1, 0.15) is 29.5 Å². The first-order chi connectivity index (χ1) is 15.2. The second-order valence-electron chi connectivity index (χ2n) is 8.05. The molecule has 5 heteroatoms. The first-order valence-corrected chi connectivity index (χ1v) is 11.6. The molecule has 0 spiro atoms. The lowest BCUT2D eigenvalue weighted by Gasteiger charge is -2.32. The van der Waals surface area contributed by atoms with Gasteiger partial charge in [0.2, 0.25) is 0 Å². The van der Waals surface area contributed by atoms with Crippen LogP contribution < -0.4 is 10.1 Å². The van der Waals surface area contributed by atoms with Gasteiger partial charge in [-0.3, -0.25) is 4.90 Å². The zero-order valence-corrected chi connectivity index (χ0v) is 19.1. The van der Waals surface area contributed by atoms with Gasteiger partial charge in [-0.1, -0.05) is 77.8 Å². The second-order valence-corrected chi connectivity index (χ2v) is 8.89. The Hall–Kier alpha value is -2.04. The van der Waals surface area contributed by atoms with E-state index in [4.69, 9.17) is 27.9 Å². The topological polar surface area (TPSA) is 24.5 Å². The van der Waals surface area contributed by atoms with Gasteiger partial charge in [-0.2, -0.15) is 0 Å². The monoisotopic (exact) mass is 454 g/mol. The van der Waals surface area contributed by atoms with Gasteiger partial charge in [0.25, 0.3) is 0 Å². The SMILES string of the molecule is Clc1ccc(COc2ccccc2CNC2CCN(Cc3ccccc3)CC2)c(Cl)c1. The fourth-order valence-corrected chi connectivity index (χ4v) is 4.44. The van der Waals surface area contributed by atoms with Gasteiger partial charge in [-0.25, -0.2) is 0 Å². The van der Waals surface area contributed by atoms with Crippen LogP contribution in [0.25, 0.3) is 0 Å². The van der Waals surface area contributed by atoms with E-state index in [1.807, 2.05) is 24.3 Å². The highest BCUT2D eigenvalue weighted by molar-refractivity contribution is 6.35. The summed E-state index contributed by atoms with van der Waals surface area (Å²) in [6.07, 6.45) is 2.33. The number of ether oxygens (including phenoxy) is 1. The van der Waals surface area contributed by atoms with Gasteiger partial charge in [-0.15, -0.1) is 0 Å². The number of para-hydroxylation sites is 1. The van der Waals surface area contributed by atoms with Crippen molar-refractivity contribution in [3.05, 3.63) is 99.5 Å². The summed E-state index contributed by atoms with van der Waals surface area (Å²) in [6, 6.07) is 24.9. The summed E-state index contributed by atoms with van der Waals surface area (Å²) < 4.78 is 6.09. The molecule has 4 rings (SSSR count). The molecule has 1 fully saturated rings. The summed E-state index contributed by atoms with van der Waals surface area (Å²) in [7, 11) is 0. The molecule has 1 aliphatic heterocycles. The molecule has 1 heterocycles. The number of likely N-dealkylation sites (tertiary alicyclic amines) is 1. The molecule has 0 aromatic heterocycles. The second kappa shape index (κ2) is 11.0. The van der Waals surface area contributed by atoms with Crippen LogP contribution in [-0.2, 0) is 19.7 Å². The van der Waals surface area contributed by atoms with Crippen molar-refractivity contribution in [3.8, 4) is 5.75 Å². The zero-order valence-electron chi connectivity index (χ0n) is 17.6. The highest BCUT2D eigenvalue weighted by atomic mass is 35.5. The fourth-order valence-electron chi connectivity index (χ4n) is 3.98. The standard InChI is InChI=1S/C26H28Cl2N2O/c27-23-11-10-22(25(28)16-23)19-31-26-9-5-4-8-21(26)17-29-24-12-14-30(15-13-24)18-20-6-2-1-3-7-20/h1-11,16,24,29H,12-15,17-19H2. The van der Waals surface area contributed by atoms with Crippen LogP contribution in [0.2, 0.25) is 10.0 Å². The highest BCUT2D eigenvalue weighted by Crippen LogP contribution is 2.25. The van der Waals surface area contributed by atoms with Crippen molar-refractivity contribution >= 4 is 23.2 Å². The Balaban J connectivity index is 1.26. The Morgan fingerprint density at radius 1 is 0.871 bits per heavy atom. The van der Waals surface area contributed by atoms with E-state index in [1.54, 1.807) is 6.07 Å². The molecular formula is C26H28Cl2N2O. The molecule has 3 aromatic rings. The summed E-state index contributed by atoms with van der Waals surface area (Å²) in [5, 5.41) is 4.99. The molecule has 3 nitrogen and oxygen atoms in total. The predicted octanol–water partition coefficient (Wildman–Crippen LogP) is 6.33. The Kier molecular flexibility index (Phi) is 7.87. The minimum absolute atomic E-state index is 0.422. The maximum absolute atomic E-state index is 6.28. The van der Waals surface area contributed by atoms with Gasteiger partial charge >= 0.3 is 0 Å². The van der Waals surface area contributed by atoms with Crippen LogP contribution in [0, 0.1) is 0 Å². The number of piperidine rings is 1. The van der Waals surface area contributed by atoms with Crippen molar-refractivity contribution in [2.45, 2.75) is 38.6 Å². The molecule has 0 atom stereocenters. The van der Waals surface area contributed by atoms with Crippen molar-refractivity contribution in [1.82, 2.24) is 10.2 Å². The first-order valence-electron chi connectivity index (χ1n) is 10.8. The lowest BCUT2D eigenvalue weighted by Crippen LogP contribution is -2.41. The van der Waals surface area contributed by atoms with Crippen molar-refractivity contribution < 1.29 is 4.74 Å². The van der Waals surface area contributed by atoms with E-state index in [0.717, 1.165) is 50.3 Å². The first kappa shape index (κ1) is 22.2. The average Bonchev–Trinajstić information content (AvgIpc) is 2.79. The summed E-state index contributed by atoms with van der Waals surface area (Å²) in [5.41, 5.74) is 3.49. The van der Waals surface area contributed by atoms with E-state index in [0.29, 0.717) is 22.7 Å². The van der Waals surface area contributed by atoms with Gasteiger partial charge in [0, 0.05) is 40.3 Å². The van der Waals surface area contributed by atoms with Gasteiger partial charge in [0.1, 0.15) is 12.4 Å². The van der Waals surface area contributed by atoms with Crippen LogP contribution in [0.5, 0.6) is 5.75 Å². The molecule has 0 saturated carbocycles. The van der Waals surface area contributed by atoms with E-state index in [1.165, 1.54) is 11.1 Å². The summed E-state index contributed by atoms with van der Waals surface area (Å²) in [4.78, 5) is 2.54. The van der Waals surface area contributed by atoms with Crippen LogP contribution in [0.15, 0.2) is 72.8 Å². The molecule has 0 aliphatic carbocycles. The van der Waals surface area contributed by atoms with Crippen LogP contribution in [-0.4, -0.2) is 24.0 Å². The molecule has 1 N–H and O–H groups in total. The number of rotatable bonds is 8. The van der Waals surface area contributed by atoms with Gasteiger partial charge in [0.05, 0.1) is 0 Å². The Morgan fingerprint density at radius 3 is 2.39 bits per heavy atom. The molecule has 31 heavy (non-hydrogen) atoms. The van der Waals surface area contributed by atoms with Crippen molar-refractivity contribution in [3.63, 3.8) is 0 Å². The smallest absolute Gasteiger partial charge is 0.124 e. The minimum Gasteiger partial charge on any atom is -0.489 e. The quantitative estimate of drug-likeness (QED) is 0.430. The van der Waals surface area contributed by atoms with E-state index < -0.39 is 0 Å². The van der Waals surface area contributed by atoms with Gasteiger partial charge in [-0.05, 0) is 49.7 Å². The molecule has 1 saturated heterocycles. The minimum atomic E-state index is 0.422. The predicted molar refractivity (Wildman–Crippen MR) is 129 cm³/mol. The largest absolute Gasteiger partial charge is 0.489 e. The van der Waals surface area contributed by atoms with Crippen molar-refractivity contribution in [2.75, 3.05) is 13.1 Å². The van der Waals surface area contributed by atoms with Crippen LogP contribution in [0.4, 0.5) is 0 Å². The number of hydrogen-bond acceptors (Lipinski definition) is 3. The number of nitrogens with zero attached hydrogens (tertiary/aromatic N) is 1. The third-order valence-electron chi connectivity index (χ3n) is 5.79. The summed E-state index contributed by atoms with van der Waals surface area (Å²) in [5.74, 6) is 0.891. The summed E-state index contributed by atoms with van der Waals surface area (Å²) >= 11 is 12.3. The lowest BCUT2D eigenvalue weighted by atomic mass is 10.0. The normalized spacial score (nSPS) is 15.2. The van der Waals surface area contributed by atoms with E-state index >= 15 is 0 Å². The molecule has 1 aliphatic rings.